The fourth-order valence-corrected chi connectivity index (χ4v) is 2.84. The molecule has 4 nitrogen and oxygen atoms in total. The molecule has 0 unspecified atom stereocenters. The van der Waals surface area contributed by atoms with Gasteiger partial charge in [0, 0.05) is 31.7 Å². The summed E-state index contributed by atoms with van der Waals surface area (Å²) in [5, 5.41) is 0. The second-order valence-electron chi connectivity index (χ2n) is 7.28. The second kappa shape index (κ2) is 9.36. The van der Waals surface area contributed by atoms with Gasteiger partial charge in [-0.25, -0.2) is 4.99 Å². The molecule has 0 heterocycles. The van der Waals surface area contributed by atoms with Gasteiger partial charge in [0.2, 0.25) is 0 Å². The van der Waals surface area contributed by atoms with Crippen molar-refractivity contribution in [1.82, 2.24) is 9.80 Å². The molecule has 0 fully saturated rings. The lowest BCUT2D eigenvalue weighted by atomic mass is 10.0. The number of aryl methyl sites for hydroxylation is 2. The van der Waals surface area contributed by atoms with E-state index in [2.05, 4.69) is 37.9 Å². The molecule has 0 radical (unpaired) electrons. The Hall–Kier alpha value is -2.62. The van der Waals surface area contributed by atoms with Gasteiger partial charge in [-0.2, -0.15) is 0 Å². The molecule has 27 heavy (non-hydrogen) atoms. The molecule has 0 atom stereocenters. The van der Waals surface area contributed by atoms with Crippen molar-refractivity contribution in [2.45, 2.75) is 47.2 Å². The summed E-state index contributed by atoms with van der Waals surface area (Å²) in [7, 11) is 1.99. The van der Waals surface area contributed by atoms with Crippen LogP contribution in [0.2, 0.25) is 0 Å². The Kier molecular flexibility index (Phi) is 7.17. The summed E-state index contributed by atoms with van der Waals surface area (Å²) in [6, 6.07) is 14.2. The predicted molar refractivity (Wildman–Crippen MR) is 114 cm³/mol. The van der Waals surface area contributed by atoms with Crippen molar-refractivity contribution >= 4 is 17.9 Å². The van der Waals surface area contributed by atoms with Crippen LogP contribution >= 0.6 is 0 Å². The molecule has 4 heteroatoms. The molecule has 0 aromatic heterocycles. The highest BCUT2D eigenvalue weighted by molar-refractivity contribution is 5.96. The Morgan fingerprint density at radius 2 is 1.78 bits per heavy atom. The van der Waals surface area contributed by atoms with E-state index in [0.717, 1.165) is 34.5 Å². The zero-order valence-electron chi connectivity index (χ0n) is 17.4. The van der Waals surface area contributed by atoms with E-state index < -0.39 is 0 Å². The summed E-state index contributed by atoms with van der Waals surface area (Å²) in [4.78, 5) is 21.8. The smallest absolute Gasteiger partial charge is 0.254 e. The van der Waals surface area contributed by atoms with E-state index in [0.29, 0.717) is 6.54 Å². The van der Waals surface area contributed by atoms with Gasteiger partial charge in [0.1, 0.15) is 0 Å². The van der Waals surface area contributed by atoms with E-state index in [-0.39, 0.29) is 11.9 Å². The van der Waals surface area contributed by atoms with Crippen LogP contribution in [0.4, 0.5) is 5.69 Å². The lowest BCUT2D eigenvalue weighted by molar-refractivity contribution is 0.0689. The average Bonchev–Trinajstić information content (AvgIpc) is 2.66. The number of carbonyl (C=O) groups excluding carboxylic acids is 1. The van der Waals surface area contributed by atoms with Crippen molar-refractivity contribution in [2.24, 2.45) is 4.99 Å². The number of rotatable bonds is 7. The Morgan fingerprint density at radius 1 is 1.11 bits per heavy atom. The summed E-state index contributed by atoms with van der Waals surface area (Å²) in [5.74, 6) is 0.0654. The van der Waals surface area contributed by atoms with Gasteiger partial charge >= 0.3 is 0 Å². The topological polar surface area (TPSA) is 35.9 Å². The van der Waals surface area contributed by atoms with Gasteiger partial charge in [0.15, 0.2) is 0 Å². The van der Waals surface area contributed by atoms with Gasteiger partial charge in [-0.15, -0.1) is 0 Å². The SMILES string of the molecule is CCN(C)C=Nc1cc(C)c(C(=O)N(Cc2ccccc2)C(C)C)cc1C. The molecular weight excluding hydrogens is 334 g/mol. The van der Waals surface area contributed by atoms with E-state index in [4.69, 9.17) is 0 Å². The number of hydrogen-bond acceptors (Lipinski definition) is 2. The lowest BCUT2D eigenvalue weighted by Crippen LogP contribution is -2.36. The molecule has 0 saturated carbocycles. The highest BCUT2D eigenvalue weighted by Crippen LogP contribution is 2.25. The minimum Gasteiger partial charge on any atom is -0.366 e. The van der Waals surface area contributed by atoms with Crippen molar-refractivity contribution < 1.29 is 4.79 Å². The molecule has 0 saturated heterocycles. The predicted octanol–water partition coefficient (Wildman–Crippen LogP) is 4.97. The molecule has 0 N–H and O–H groups in total. The number of amides is 1. The summed E-state index contributed by atoms with van der Waals surface area (Å²) >= 11 is 0. The van der Waals surface area contributed by atoms with E-state index in [1.165, 1.54) is 0 Å². The molecule has 0 bridgehead atoms. The number of nitrogens with zero attached hydrogens (tertiary/aromatic N) is 3. The normalized spacial score (nSPS) is 11.2. The summed E-state index contributed by atoms with van der Waals surface area (Å²) in [5.41, 5.74) is 4.75. The largest absolute Gasteiger partial charge is 0.366 e. The van der Waals surface area contributed by atoms with Gasteiger partial charge in [-0.1, -0.05) is 30.3 Å². The third-order valence-electron chi connectivity index (χ3n) is 4.75. The third kappa shape index (κ3) is 5.43. The second-order valence-corrected chi connectivity index (χ2v) is 7.28. The van der Waals surface area contributed by atoms with Crippen LogP contribution in [-0.2, 0) is 6.54 Å². The van der Waals surface area contributed by atoms with E-state index >= 15 is 0 Å². The van der Waals surface area contributed by atoms with Crippen LogP contribution in [-0.4, -0.2) is 41.7 Å². The summed E-state index contributed by atoms with van der Waals surface area (Å²) in [6.07, 6.45) is 1.83. The van der Waals surface area contributed by atoms with Crippen molar-refractivity contribution in [3.05, 3.63) is 64.7 Å². The molecule has 0 aliphatic carbocycles. The van der Waals surface area contributed by atoms with E-state index in [1.54, 1.807) is 0 Å². The van der Waals surface area contributed by atoms with Crippen molar-refractivity contribution in [3.8, 4) is 0 Å². The average molecular weight is 366 g/mol. The van der Waals surface area contributed by atoms with Gasteiger partial charge in [0.25, 0.3) is 5.91 Å². The molecular formula is C23H31N3O. The first-order valence-electron chi connectivity index (χ1n) is 9.54. The first-order valence-corrected chi connectivity index (χ1v) is 9.54. The Bertz CT molecular complexity index is 797. The van der Waals surface area contributed by atoms with Crippen molar-refractivity contribution in [1.29, 1.82) is 0 Å². The van der Waals surface area contributed by atoms with Crippen LogP contribution in [0.3, 0.4) is 0 Å². The molecule has 2 rings (SSSR count). The van der Waals surface area contributed by atoms with Crippen LogP contribution in [0.25, 0.3) is 0 Å². The summed E-state index contributed by atoms with van der Waals surface area (Å²) < 4.78 is 0. The van der Waals surface area contributed by atoms with Gasteiger partial charge < -0.3 is 9.80 Å². The van der Waals surface area contributed by atoms with Gasteiger partial charge in [-0.3, -0.25) is 4.79 Å². The highest BCUT2D eigenvalue weighted by atomic mass is 16.2. The van der Waals surface area contributed by atoms with Crippen LogP contribution in [0.5, 0.6) is 0 Å². The fourth-order valence-electron chi connectivity index (χ4n) is 2.84. The van der Waals surface area contributed by atoms with Gasteiger partial charge in [-0.05, 0) is 63.4 Å². The van der Waals surface area contributed by atoms with Crippen molar-refractivity contribution in [3.63, 3.8) is 0 Å². The molecule has 2 aromatic carbocycles. The number of hydrogen-bond donors (Lipinski definition) is 0. The van der Waals surface area contributed by atoms with E-state index in [9.17, 15) is 4.79 Å². The fraction of sp³-hybridized carbons (Fsp3) is 0.391. The maximum Gasteiger partial charge on any atom is 0.254 e. The molecule has 0 aliphatic rings. The lowest BCUT2D eigenvalue weighted by Gasteiger charge is -2.28. The monoisotopic (exact) mass is 365 g/mol. The minimum atomic E-state index is 0.0654. The molecule has 0 aliphatic heterocycles. The standard InChI is InChI=1S/C23H31N3O/c1-7-25(6)16-24-22-14-18(4)21(13-19(22)5)23(27)26(17(2)3)15-20-11-9-8-10-12-20/h8-14,16-17H,7,15H2,1-6H3. The Morgan fingerprint density at radius 3 is 2.37 bits per heavy atom. The van der Waals surface area contributed by atoms with E-state index in [1.807, 2.05) is 67.4 Å². The maximum atomic E-state index is 13.3. The molecule has 2 aromatic rings. The van der Waals surface area contributed by atoms with Crippen LogP contribution in [0, 0.1) is 13.8 Å². The third-order valence-corrected chi connectivity index (χ3v) is 4.75. The summed E-state index contributed by atoms with van der Waals surface area (Å²) in [6.45, 7) is 11.7. The van der Waals surface area contributed by atoms with Crippen LogP contribution in [0.15, 0.2) is 47.5 Å². The minimum absolute atomic E-state index is 0.0654. The highest BCUT2D eigenvalue weighted by Gasteiger charge is 2.21. The first kappa shape index (κ1) is 20.7. The molecule has 0 spiro atoms. The number of benzene rings is 2. The van der Waals surface area contributed by atoms with Crippen LogP contribution in [0.1, 0.15) is 47.8 Å². The number of carbonyl (C=O) groups is 1. The zero-order valence-corrected chi connectivity index (χ0v) is 17.4. The van der Waals surface area contributed by atoms with Gasteiger partial charge in [0.05, 0.1) is 12.0 Å². The zero-order chi connectivity index (χ0) is 20.0. The molecule has 1 amide bonds. The maximum absolute atomic E-state index is 13.3. The molecule has 144 valence electrons. The quantitative estimate of drug-likeness (QED) is 0.513. The first-order chi connectivity index (χ1) is 12.8. The number of aliphatic imine (C=N–C) groups is 1. The Labute approximate surface area is 163 Å². The Balaban J connectivity index is 2.30. The van der Waals surface area contributed by atoms with Crippen molar-refractivity contribution in [2.75, 3.05) is 13.6 Å². The van der Waals surface area contributed by atoms with Crippen LogP contribution < -0.4 is 0 Å².